The van der Waals surface area contributed by atoms with Crippen molar-refractivity contribution in [1.82, 2.24) is 5.16 Å². The molecule has 2 rings (SSSR count). The molecule has 0 spiro atoms. The minimum Gasteiger partial charge on any atom is -0.485 e. The lowest BCUT2D eigenvalue weighted by atomic mass is 10.0. The number of nitrogens with zero attached hydrogens (tertiary/aromatic N) is 1. The average molecular weight is 232 g/mol. The van der Waals surface area contributed by atoms with Gasteiger partial charge in [0.15, 0.2) is 5.76 Å². The van der Waals surface area contributed by atoms with Crippen LogP contribution >= 0.6 is 0 Å². The molecule has 0 saturated carbocycles. The lowest BCUT2D eigenvalue weighted by Crippen LogP contribution is -2.10. The van der Waals surface area contributed by atoms with Crippen LogP contribution < -0.4 is 10.5 Å². The quantitative estimate of drug-likeness (QED) is 0.860. The van der Waals surface area contributed by atoms with E-state index >= 15 is 0 Å². The van der Waals surface area contributed by atoms with E-state index in [9.17, 15) is 0 Å². The Kier molecular flexibility index (Phi) is 3.77. The maximum Gasteiger partial charge on any atom is 0.174 e. The Bertz CT molecular complexity index is 454. The van der Waals surface area contributed by atoms with Gasteiger partial charge in [0.25, 0.3) is 0 Å². The van der Waals surface area contributed by atoms with Crippen LogP contribution in [0.25, 0.3) is 0 Å². The number of benzene rings is 1. The van der Waals surface area contributed by atoms with E-state index in [1.807, 2.05) is 24.3 Å². The molecule has 1 heterocycles. The Morgan fingerprint density at radius 2 is 2.18 bits per heavy atom. The SMILES string of the molecule is CC[C@H](N)c1ccccc1OCc1ccno1. The molecular weight excluding hydrogens is 216 g/mol. The molecule has 2 N–H and O–H groups in total. The molecule has 90 valence electrons. The van der Waals surface area contributed by atoms with E-state index in [2.05, 4.69) is 12.1 Å². The first kappa shape index (κ1) is 11.7. The monoisotopic (exact) mass is 232 g/mol. The summed E-state index contributed by atoms with van der Waals surface area (Å²) >= 11 is 0. The van der Waals surface area contributed by atoms with Crippen molar-refractivity contribution in [2.24, 2.45) is 5.73 Å². The number of para-hydroxylation sites is 1. The van der Waals surface area contributed by atoms with Gasteiger partial charge in [0.05, 0.1) is 6.20 Å². The summed E-state index contributed by atoms with van der Waals surface area (Å²) in [4.78, 5) is 0. The van der Waals surface area contributed by atoms with Crippen LogP contribution in [0.2, 0.25) is 0 Å². The van der Waals surface area contributed by atoms with E-state index in [1.54, 1.807) is 12.3 Å². The smallest absolute Gasteiger partial charge is 0.174 e. The minimum atomic E-state index is 0.000857. The van der Waals surface area contributed by atoms with Gasteiger partial charge in [-0.15, -0.1) is 0 Å². The summed E-state index contributed by atoms with van der Waals surface area (Å²) in [5.41, 5.74) is 7.05. The Labute approximate surface area is 100 Å². The van der Waals surface area contributed by atoms with Crippen LogP contribution in [0.5, 0.6) is 5.75 Å². The third kappa shape index (κ3) is 2.85. The van der Waals surface area contributed by atoms with E-state index in [-0.39, 0.29) is 6.04 Å². The molecule has 0 saturated heterocycles. The third-order valence-corrected chi connectivity index (χ3v) is 2.62. The van der Waals surface area contributed by atoms with E-state index in [0.717, 1.165) is 17.7 Å². The highest BCUT2D eigenvalue weighted by Gasteiger charge is 2.10. The molecule has 1 aromatic heterocycles. The summed E-state index contributed by atoms with van der Waals surface area (Å²) in [5, 5.41) is 3.63. The molecule has 4 heteroatoms. The number of hydrogen-bond donors (Lipinski definition) is 1. The largest absolute Gasteiger partial charge is 0.485 e. The van der Waals surface area contributed by atoms with Gasteiger partial charge in [0.2, 0.25) is 0 Å². The van der Waals surface area contributed by atoms with Crippen molar-refractivity contribution in [3.63, 3.8) is 0 Å². The molecular formula is C13H16N2O2. The molecule has 1 aromatic carbocycles. The van der Waals surface area contributed by atoms with Gasteiger partial charge in [-0.25, -0.2) is 0 Å². The Balaban J connectivity index is 2.09. The summed E-state index contributed by atoms with van der Waals surface area (Å²) in [6.07, 6.45) is 2.48. The molecule has 0 unspecified atom stereocenters. The van der Waals surface area contributed by atoms with Crippen molar-refractivity contribution in [1.29, 1.82) is 0 Å². The normalized spacial score (nSPS) is 12.4. The van der Waals surface area contributed by atoms with Crippen molar-refractivity contribution >= 4 is 0 Å². The standard InChI is InChI=1S/C13H16N2O2/c1-2-12(14)11-5-3-4-6-13(11)16-9-10-7-8-15-17-10/h3-8,12H,2,9,14H2,1H3/t12-/m0/s1. The highest BCUT2D eigenvalue weighted by atomic mass is 16.5. The molecule has 0 radical (unpaired) electrons. The van der Waals surface area contributed by atoms with Crippen LogP contribution in [0, 0.1) is 0 Å². The summed E-state index contributed by atoms with van der Waals surface area (Å²) < 4.78 is 10.7. The molecule has 0 bridgehead atoms. The van der Waals surface area contributed by atoms with Gasteiger partial charge in [-0.3, -0.25) is 0 Å². The average Bonchev–Trinajstić information content (AvgIpc) is 2.89. The first-order chi connectivity index (χ1) is 8.31. The van der Waals surface area contributed by atoms with Gasteiger partial charge in [0.1, 0.15) is 12.4 Å². The van der Waals surface area contributed by atoms with Gasteiger partial charge in [-0.05, 0) is 12.5 Å². The second kappa shape index (κ2) is 5.50. The van der Waals surface area contributed by atoms with Crippen LogP contribution in [-0.2, 0) is 6.61 Å². The van der Waals surface area contributed by atoms with Gasteiger partial charge in [-0.2, -0.15) is 0 Å². The Morgan fingerprint density at radius 1 is 1.35 bits per heavy atom. The number of aromatic nitrogens is 1. The zero-order chi connectivity index (χ0) is 12.1. The van der Waals surface area contributed by atoms with Crippen molar-refractivity contribution in [2.45, 2.75) is 26.0 Å². The van der Waals surface area contributed by atoms with Gasteiger partial charge >= 0.3 is 0 Å². The molecule has 0 fully saturated rings. The first-order valence-electron chi connectivity index (χ1n) is 5.68. The molecule has 0 aliphatic carbocycles. The number of nitrogens with two attached hydrogens (primary N) is 1. The van der Waals surface area contributed by atoms with Crippen LogP contribution in [0.1, 0.15) is 30.7 Å². The molecule has 0 aliphatic rings. The Hall–Kier alpha value is -1.81. The summed E-state index contributed by atoms with van der Waals surface area (Å²) in [6, 6.07) is 9.59. The van der Waals surface area contributed by atoms with Crippen molar-refractivity contribution in [3.05, 3.63) is 47.9 Å². The predicted molar refractivity (Wildman–Crippen MR) is 64.5 cm³/mol. The highest BCUT2D eigenvalue weighted by molar-refractivity contribution is 5.35. The first-order valence-corrected chi connectivity index (χ1v) is 5.68. The van der Waals surface area contributed by atoms with Gasteiger partial charge in [0, 0.05) is 17.7 Å². The maximum atomic E-state index is 6.03. The van der Waals surface area contributed by atoms with Crippen LogP contribution in [0.4, 0.5) is 0 Å². The van der Waals surface area contributed by atoms with Gasteiger partial charge in [-0.1, -0.05) is 30.3 Å². The number of rotatable bonds is 5. The fourth-order valence-corrected chi connectivity index (χ4v) is 1.60. The zero-order valence-corrected chi connectivity index (χ0v) is 9.80. The maximum absolute atomic E-state index is 6.03. The van der Waals surface area contributed by atoms with E-state index in [0.29, 0.717) is 12.4 Å². The highest BCUT2D eigenvalue weighted by Crippen LogP contribution is 2.25. The lowest BCUT2D eigenvalue weighted by Gasteiger charge is -2.14. The Morgan fingerprint density at radius 3 is 2.88 bits per heavy atom. The van der Waals surface area contributed by atoms with Crippen LogP contribution in [-0.4, -0.2) is 5.16 Å². The third-order valence-electron chi connectivity index (χ3n) is 2.62. The molecule has 17 heavy (non-hydrogen) atoms. The van der Waals surface area contributed by atoms with Crippen molar-refractivity contribution in [3.8, 4) is 5.75 Å². The summed E-state index contributed by atoms with van der Waals surface area (Å²) in [7, 11) is 0. The molecule has 2 aromatic rings. The number of hydrogen-bond acceptors (Lipinski definition) is 4. The predicted octanol–water partition coefficient (Wildman–Crippen LogP) is 2.66. The van der Waals surface area contributed by atoms with E-state index in [1.165, 1.54) is 0 Å². The second-order valence-corrected chi connectivity index (χ2v) is 3.82. The summed E-state index contributed by atoms with van der Waals surface area (Å²) in [6.45, 7) is 2.42. The minimum absolute atomic E-state index is 0.000857. The van der Waals surface area contributed by atoms with Crippen LogP contribution in [0.3, 0.4) is 0 Å². The molecule has 0 aliphatic heterocycles. The fourth-order valence-electron chi connectivity index (χ4n) is 1.60. The van der Waals surface area contributed by atoms with Crippen molar-refractivity contribution in [2.75, 3.05) is 0 Å². The van der Waals surface area contributed by atoms with E-state index in [4.69, 9.17) is 15.0 Å². The molecule has 4 nitrogen and oxygen atoms in total. The van der Waals surface area contributed by atoms with Crippen molar-refractivity contribution < 1.29 is 9.26 Å². The summed E-state index contributed by atoms with van der Waals surface area (Å²) in [5.74, 6) is 1.50. The molecule has 0 amide bonds. The zero-order valence-electron chi connectivity index (χ0n) is 9.80. The number of ether oxygens (including phenoxy) is 1. The topological polar surface area (TPSA) is 61.3 Å². The van der Waals surface area contributed by atoms with Crippen LogP contribution in [0.15, 0.2) is 41.1 Å². The molecule has 1 atom stereocenters. The van der Waals surface area contributed by atoms with Gasteiger partial charge < -0.3 is 15.0 Å². The fraction of sp³-hybridized carbons (Fsp3) is 0.308. The second-order valence-electron chi connectivity index (χ2n) is 3.82. The van der Waals surface area contributed by atoms with E-state index < -0.39 is 0 Å². The lowest BCUT2D eigenvalue weighted by molar-refractivity contribution is 0.246.